The summed E-state index contributed by atoms with van der Waals surface area (Å²) in [7, 11) is 0. The van der Waals surface area contributed by atoms with E-state index in [-0.39, 0.29) is 40.4 Å². The van der Waals surface area contributed by atoms with Crippen LogP contribution in [0.2, 0.25) is 5.02 Å². The van der Waals surface area contributed by atoms with Crippen molar-refractivity contribution in [1.82, 2.24) is 10.1 Å². The van der Waals surface area contributed by atoms with Crippen LogP contribution in [-0.2, 0) is 18.8 Å². The maximum absolute atomic E-state index is 14.0. The SMILES string of the molecule is Cc1noc(C(Cc2ccc(-c3ccc(Cl)c(F)c3)cc2)C(=O)c2cc(-c3cc(C(F)(F)F)cc(C(F)(F)F)c3)ccc2O)n1. The number of carbonyl (C=O) groups excluding carboxylic acids is 1. The predicted molar refractivity (Wildman–Crippen MR) is 150 cm³/mol. The van der Waals surface area contributed by atoms with E-state index in [0.717, 1.165) is 18.2 Å². The molecular formula is C32H20ClF7N2O3. The molecule has 0 aliphatic carbocycles. The van der Waals surface area contributed by atoms with Gasteiger partial charge in [0.2, 0.25) is 5.89 Å². The van der Waals surface area contributed by atoms with Gasteiger partial charge in [-0.05, 0) is 83.6 Å². The second-order valence-corrected chi connectivity index (χ2v) is 10.6. The molecule has 1 atom stereocenters. The summed E-state index contributed by atoms with van der Waals surface area (Å²) in [5.41, 5.74) is -2.30. The number of phenols is 1. The summed E-state index contributed by atoms with van der Waals surface area (Å²) >= 11 is 5.76. The number of ketones is 1. The molecule has 0 aliphatic rings. The van der Waals surface area contributed by atoms with E-state index < -0.39 is 52.3 Å². The number of aromatic nitrogens is 2. The number of halogens is 8. The number of rotatable bonds is 7. The predicted octanol–water partition coefficient (Wildman–Crippen LogP) is 9.46. The molecule has 45 heavy (non-hydrogen) atoms. The van der Waals surface area contributed by atoms with Gasteiger partial charge in [-0.3, -0.25) is 4.79 Å². The zero-order chi connectivity index (χ0) is 32.7. The number of nitrogens with zero attached hydrogens (tertiary/aromatic N) is 2. The van der Waals surface area contributed by atoms with Crippen molar-refractivity contribution >= 4 is 17.4 Å². The Labute approximate surface area is 255 Å². The average Bonchev–Trinajstić information content (AvgIpc) is 3.42. The summed E-state index contributed by atoms with van der Waals surface area (Å²) in [6.07, 6.45) is -10.2. The van der Waals surface area contributed by atoms with E-state index in [0.29, 0.717) is 28.8 Å². The standard InChI is InChI=1S/C32H20ClF7N2O3/c1-16-41-30(45-42-16)25(10-17-2-4-18(5-3-17)20-6-8-26(33)27(34)14-20)29(44)24-13-19(7-9-28(24)43)21-11-22(31(35,36)37)15-23(12-21)32(38,39)40/h2-9,11-15,25,43H,10H2,1H3. The molecule has 232 valence electrons. The van der Waals surface area contributed by atoms with E-state index >= 15 is 0 Å². The van der Waals surface area contributed by atoms with Crippen molar-refractivity contribution in [2.75, 3.05) is 0 Å². The molecule has 0 bridgehead atoms. The van der Waals surface area contributed by atoms with Gasteiger partial charge in [0.15, 0.2) is 11.6 Å². The summed E-state index contributed by atoms with van der Waals surface area (Å²) < 4.78 is 100. The number of alkyl halides is 6. The van der Waals surface area contributed by atoms with Crippen LogP contribution in [0.5, 0.6) is 5.75 Å². The molecule has 0 fully saturated rings. The highest BCUT2D eigenvalue weighted by molar-refractivity contribution is 6.30. The van der Waals surface area contributed by atoms with E-state index in [1.807, 2.05) is 0 Å². The largest absolute Gasteiger partial charge is 0.507 e. The third-order valence-corrected chi connectivity index (χ3v) is 7.29. The van der Waals surface area contributed by atoms with E-state index in [2.05, 4.69) is 10.1 Å². The lowest BCUT2D eigenvalue weighted by Crippen LogP contribution is -2.17. The topological polar surface area (TPSA) is 76.2 Å². The summed E-state index contributed by atoms with van der Waals surface area (Å²) in [4.78, 5) is 18.0. The number of carbonyl (C=O) groups is 1. The Hall–Kier alpha value is -4.71. The second-order valence-electron chi connectivity index (χ2n) is 10.2. The first kappa shape index (κ1) is 31.7. The molecule has 13 heteroatoms. The molecule has 4 aromatic carbocycles. The zero-order valence-electron chi connectivity index (χ0n) is 23.0. The first-order valence-corrected chi connectivity index (χ1v) is 13.5. The Morgan fingerprint density at radius 2 is 1.40 bits per heavy atom. The minimum Gasteiger partial charge on any atom is -0.507 e. The van der Waals surface area contributed by atoms with Crippen LogP contribution in [0, 0.1) is 12.7 Å². The molecule has 1 aromatic heterocycles. The van der Waals surface area contributed by atoms with Gasteiger partial charge < -0.3 is 9.63 Å². The molecule has 0 saturated carbocycles. The molecule has 5 rings (SSSR count). The molecule has 0 aliphatic heterocycles. The molecule has 5 nitrogen and oxygen atoms in total. The van der Waals surface area contributed by atoms with Crippen molar-refractivity contribution in [2.24, 2.45) is 0 Å². The first-order valence-electron chi connectivity index (χ1n) is 13.1. The monoisotopic (exact) mass is 648 g/mol. The molecule has 0 radical (unpaired) electrons. The van der Waals surface area contributed by atoms with Crippen molar-refractivity contribution in [3.63, 3.8) is 0 Å². The maximum Gasteiger partial charge on any atom is 0.416 e. The van der Waals surface area contributed by atoms with Gasteiger partial charge in [-0.25, -0.2) is 4.39 Å². The van der Waals surface area contributed by atoms with Crippen molar-refractivity contribution < 1.29 is 45.2 Å². The summed E-state index contributed by atoms with van der Waals surface area (Å²) in [6.45, 7) is 1.51. The van der Waals surface area contributed by atoms with Crippen molar-refractivity contribution in [3.05, 3.63) is 124 Å². The van der Waals surface area contributed by atoms with Crippen LogP contribution in [0.4, 0.5) is 30.7 Å². The fourth-order valence-corrected chi connectivity index (χ4v) is 4.83. The van der Waals surface area contributed by atoms with Crippen molar-refractivity contribution in [2.45, 2.75) is 31.6 Å². The van der Waals surface area contributed by atoms with E-state index in [1.165, 1.54) is 19.1 Å². The van der Waals surface area contributed by atoms with Gasteiger partial charge in [-0.15, -0.1) is 0 Å². The zero-order valence-corrected chi connectivity index (χ0v) is 23.7. The third kappa shape index (κ3) is 7.01. The van der Waals surface area contributed by atoms with Crippen LogP contribution in [0.25, 0.3) is 22.3 Å². The fourth-order valence-electron chi connectivity index (χ4n) is 4.71. The van der Waals surface area contributed by atoms with Gasteiger partial charge in [0.1, 0.15) is 17.5 Å². The Bertz CT molecular complexity index is 1850. The van der Waals surface area contributed by atoms with Gasteiger partial charge in [-0.2, -0.15) is 31.3 Å². The van der Waals surface area contributed by atoms with Crippen LogP contribution in [-0.4, -0.2) is 21.0 Å². The van der Waals surface area contributed by atoms with Gasteiger partial charge >= 0.3 is 12.4 Å². The Balaban J connectivity index is 1.52. The van der Waals surface area contributed by atoms with Crippen LogP contribution in [0.15, 0.2) is 83.4 Å². The molecule has 5 aromatic rings. The lowest BCUT2D eigenvalue weighted by atomic mass is 9.88. The number of aromatic hydroxyl groups is 1. The van der Waals surface area contributed by atoms with Gasteiger partial charge in [0.25, 0.3) is 0 Å². The number of hydrogen-bond acceptors (Lipinski definition) is 5. The summed E-state index contributed by atoms with van der Waals surface area (Å²) in [5, 5.41) is 14.3. The number of Topliss-reactive ketones (excluding diaryl/α,β-unsaturated/α-hetero) is 1. The minimum atomic E-state index is -5.08. The molecular weight excluding hydrogens is 629 g/mol. The van der Waals surface area contributed by atoms with Crippen LogP contribution in [0.3, 0.4) is 0 Å². The molecule has 1 N–H and O–H groups in total. The number of aryl methyl sites for hydroxylation is 1. The van der Waals surface area contributed by atoms with E-state index in [9.17, 15) is 40.6 Å². The van der Waals surface area contributed by atoms with Gasteiger partial charge in [0, 0.05) is 0 Å². The Kier molecular flexibility index (Phi) is 8.45. The third-order valence-electron chi connectivity index (χ3n) is 6.99. The number of benzene rings is 4. The summed E-state index contributed by atoms with van der Waals surface area (Å²) in [5.74, 6) is -3.05. The van der Waals surface area contributed by atoms with Crippen LogP contribution in [0.1, 0.15) is 44.7 Å². The fraction of sp³-hybridized carbons (Fsp3) is 0.156. The lowest BCUT2D eigenvalue weighted by molar-refractivity contribution is -0.143. The quantitative estimate of drug-likeness (QED) is 0.141. The van der Waals surface area contributed by atoms with E-state index in [4.69, 9.17) is 16.1 Å². The minimum absolute atomic E-state index is 0.00137. The normalized spacial score (nSPS) is 12.7. The van der Waals surface area contributed by atoms with Crippen molar-refractivity contribution in [3.8, 4) is 28.0 Å². The Morgan fingerprint density at radius 1 is 0.822 bits per heavy atom. The maximum atomic E-state index is 14.0. The van der Waals surface area contributed by atoms with Crippen LogP contribution >= 0.6 is 11.6 Å². The molecule has 0 spiro atoms. The number of hydrogen-bond donors (Lipinski definition) is 1. The molecule has 1 unspecified atom stereocenters. The van der Waals surface area contributed by atoms with Gasteiger partial charge in [0.05, 0.1) is 21.7 Å². The lowest BCUT2D eigenvalue weighted by Gasteiger charge is -2.16. The highest BCUT2D eigenvalue weighted by atomic mass is 35.5. The highest BCUT2D eigenvalue weighted by Gasteiger charge is 2.37. The van der Waals surface area contributed by atoms with Gasteiger partial charge in [-0.1, -0.05) is 53.2 Å². The van der Waals surface area contributed by atoms with Crippen LogP contribution < -0.4 is 0 Å². The molecule has 0 saturated heterocycles. The molecule has 0 amide bonds. The first-order chi connectivity index (χ1) is 21.1. The number of phenolic OH excluding ortho intramolecular Hbond substituents is 1. The molecule has 1 heterocycles. The highest BCUT2D eigenvalue weighted by Crippen LogP contribution is 2.40. The van der Waals surface area contributed by atoms with E-state index in [1.54, 1.807) is 30.3 Å². The second kappa shape index (κ2) is 12.0. The Morgan fingerprint density at radius 3 is 1.96 bits per heavy atom. The van der Waals surface area contributed by atoms with Crippen molar-refractivity contribution in [1.29, 1.82) is 0 Å². The average molecular weight is 649 g/mol. The summed E-state index contributed by atoms with van der Waals surface area (Å²) in [6, 6.07) is 15.2. The smallest absolute Gasteiger partial charge is 0.416 e.